The van der Waals surface area contributed by atoms with Gasteiger partial charge in [-0.05, 0) is 37.5 Å². The highest BCUT2D eigenvalue weighted by atomic mass is 32.2. The van der Waals surface area contributed by atoms with Gasteiger partial charge in [-0.2, -0.15) is 0 Å². The molecule has 1 aliphatic heterocycles. The predicted octanol–water partition coefficient (Wildman–Crippen LogP) is 6.88. The van der Waals surface area contributed by atoms with Gasteiger partial charge in [-0.1, -0.05) is 32.4 Å². The van der Waals surface area contributed by atoms with E-state index in [1.807, 2.05) is 34.4 Å². The number of aromatic nitrogens is 1. The van der Waals surface area contributed by atoms with Gasteiger partial charge in [0, 0.05) is 20.6 Å². The standard InChI is InChI=1S/C19H21NS3/c1-5-6-13-9-14-17(21-13)12(4)18(22-14)19-20-15-10(2)7-8-11(3)16(15)23-19/h7-9,12,18H,5-6H2,1-4H3. The maximum Gasteiger partial charge on any atom is 0.108 e. The Morgan fingerprint density at radius 2 is 1.91 bits per heavy atom. The van der Waals surface area contributed by atoms with E-state index < -0.39 is 0 Å². The van der Waals surface area contributed by atoms with E-state index in [0.29, 0.717) is 11.2 Å². The van der Waals surface area contributed by atoms with Crippen LogP contribution in [0.15, 0.2) is 23.1 Å². The van der Waals surface area contributed by atoms with E-state index in [0.717, 1.165) is 0 Å². The molecule has 0 aliphatic carbocycles. The Morgan fingerprint density at radius 3 is 2.61 bits per heavy atom. The third kappa shape index (κ3) is 2.55. The Hall–Kier alpha value is -0.840. The Morgan fingerprint density at radius 1 is 1.13 bits per heavy atom. The molecule has 0 radical (unpaired) electrons. The third-order valence-electron chi connectivity index (χ3n) is 4.60. The number of thiazole rings is 1. The maximum atomic E-state index is 5.03. The summed E-state index contributed by atoms with van der Waals surface area (Å²) in [7, 11) is 0. The van der Waals surface area contributed by atoms with Gasteiger partial charge in [-0.3, -0.25) is 0 Å². The van der Waals surface area contributed by atoms with Crippen LogP contribution in [-0.2, 0) is 6.42 Å². The minimum Gasteiger partial charge on any atom is -0.240 e. The van der Waals surface area contributed by atoms with Crippen LogP contribution in [0, 0.1) is 13.8 Å². The molecule has 2 unspecified atom stereocenters. The van der Waals surface area contributed by atoms with Crippen molar-refractivity contribution in [3.05, 3.63) is 44.1 Å². The molecule has 3 aromatic rings. The number of fused-ring (bicyclic) bond motifs is 2. The minimum absolute atomic E-state index is 0.489. The summed E-state index contributed by atoms with van der Waals surface area (Å²) in [6.45, 7) is 9.00. The number of thioether (sulfide) groups is 1. The molecule has 1 aromatic carbocycles. The van der Waals surface area contributed by atoms with Crippen molar-refractivity contribution in [1.29, 1.82) is 0 Å². The molecule has 0 spiro atoms. The minimum atomic E-state index is 0.489. The van der Waals surface area contributed by atoms with E-state index in [-0.39, 0.29) is 0 Å². The second-order valence-corrected chi connectivity index (χ2v) is 9.83. The molecule has 4 rings (SSSR count). The summed E-state index contributed by atoms with van der Waals surface area (Å²) < 4.78 is 1.37. The van der Waals surface area contributed by atoms with Gasteiger partial charge in [0.15, 0.2) is 0 Å². The first-order valence-corrected chi connectivity index (χ1v) is 10.8. The first kappa shape index (κ1) is 15.7. The topological polar surface area (TPSA) is 12.9 Å². The zero-order valence-electron chi connectivity index (χ0n) is 14.0. The third-order valence-corrected chi connectivity index (χ3v) is 9.02. The van der Waals surface area contributed by atoms with Crippen molar-refractivity contribution < 1.29 is 0 Å². The molecule has 23 heavy (non-hydrogen) atoms. The fourth-order valence-electron chi connectivity index (χ4n) is 3.26. The number of hydrogen-bond donors (Lipinski definition) is 0. The molecule has 2 aromatic heterocycles. The van der Waals surface area contributed by atoms with Gasteiger partial charge in [0.2, 0.25) is 0 Å². The molecule has 1 aliphatic rings. The lowest BCUT2D eigenvalue weighted by molar-refractivity contribution is 0.764. The molecule has 0 N–H and O–H groups in total. The molecule has 0 fully saturated rings. The second-order valence-electron chi connectivity index (χ2n) is 6.45. The lowest BCUT2D eigenvalue weighted by Crippen LogP contribution is -1.97. The van der Waals surface area contributed by atoms with E-state index in [4.69, 9.17) is 4.98 Å². The zero-order valence-corrected chi connectivity index (χ0v) is 16.4. The van der Waals surface area contributed by atoms with E-state index in [1.54, 1.807) is 9.75 Å². The molecule has 0 bridgehead atoms. The highest BCUT2D eigenvalue weighted by Gasteiger charge is 2.35. The average Bonchev–Trinajstić information content (AvgIpc) is 3.19. The average molecular weight is 360 g/mol. The molecule has 1 nitrogen and oxygen atoms in total. The van der Waals surface area contributed by atoms with Crippen molar-refractivity contribution in [3.63, 3.8) is 0 Å². The quantitative estimate of drug-likeness (QED) is 0.505. The largest absolute Gasteiger partial charge is 0.240 e. The van der Waals surface area contributed by atoms with Crippen molar-refractivity contribution in [2.45, 2.75) is 56.6 Å². The SMILES string of the molecule is CCCc1cc2c(s1)C(C)C(c1nc3c(C)ccc(C)c3s1)S2. The van der Waals surface area contributed by atoms with Gasteiger partial charge in [0.25, 0.3) is 0 Å². The summed E-state index contributed by atoms with van der Waals surface area (Å²) >= 11 is 5.95. The second kappa shape index (κ2) is 5.91. The highest BCUT2D eigenvalue weighted by Crippen LogP contribution is 2.58. The Labute approximate surface area is 150 Å². The van der Waals surface area contributed by atoms with Crippen LogP contribution in [0.2, 0.25) is 0 Å². The normalized spacial score (nSPS) is 20.3. The van der Waals surface area contributed by atoms with Crippen molar-refractivity contribution in [1.82, 2.24) is 4.98 Å². The maximum absolute atomic E-state index is 5.03. The Balaban J connectivity index is 1.71. The van der Waals surface area contributed by atoms with Crippen molar-refractivity contribution in [2.75, 3.05) is 0 Å². The summed E-state index contributed by atoms with van der Waals surface area (Å²) in [4.78, 5) is 9.66. The first-order chi connectivity index (χ1) is 11.1. The highest BCUT2D eigenvalue weighted by molar-refractivity contribution is 8.00. The molecule has 0 amide bonds. The van der Waals surface area contributed by atoms with Crippen molar-refractivity contribution >= 4 is 44.7 Å². The van der Waals surface area contributed by atoms with Crippen LogP contribution in [0.1, 0.15) is 57.3 Å². The van der Waals surface area contributed by atoms with Crippen LogP contribution in [0.5, 0.6) is 0 Å². The van der Waals surface area contributed by atoms with E-state index in [9.17, 15) is 0 Å². The van der Waals surface area contributed by atoms with Crippen molar-refractivity contribution in [3.8, 4) is 0 Å². The number of aryl methyl sites for hydroxylation is 3. The lowest BCUT2D eigenvalue weighted by Gasteiger charge is -2.11. The zero-order chi connectivity index (χ0) is 16.1. The van der Waals surface area contributed by atoms with Crippen LogP contribution in [-0.4, -0.2) is 4.98 Å². The van der Waals surface area contributed by atoms with Gasteiger partial charge in [-0.25, -0.2) is 4.98 Å². The van der Waals surface area contributed by atoms with Crippen LogP contribution in [0.25, 0.3) is 10.2 Å². The lowest BCUT2D eigenvalue weighted by atomic mass is 10.1. The van der Waals surface area contributed by atoms with Gasteiger partial charge in [-0.15, -0.1) is 34.4 Å². The van der Waals surface area contributed by atoms with Gasteiger partial charge in [0.05, 0.1) is 15.5 Å². The van der Waals surface area contributed by atoms with Crippen molar-refractivity contribution in [2.24, 2.45) is 0 Å². The van der Waals surface area contributed by atoms with Gasteiger partial charge in [0.1, 0.15) is 5.01 Å². The van der Waals surface area contributed by atoms with Crippen LogP contribution in [0.4, 0.5) is 0 Å². The summed E-state index contributed by atoms with van der Waals surface area (Å²) in [6.07, 6.45) is 2.45. The first-order valence-electron chi connectivity index (χ1n) is 8.24. The van der Waals surface area contributed by atoms with Crippen LogP contribution < -0.4 is 0 Å². The molecule has 0 saturated carbocycles. The smallest absolute Gasteiger partial charge is 0.108 e. The fraction of sp³-hybridized carbons (Fsp3) is 0.421. The Kier molecular flexibility index (Phi) is 4.02. The Bertz CT molecular complexity index is 835. The van der Waals surface area contributed by atoms with Gasteiger partial charge >= 0.3 is 0 Å². The van der Waals surface area contributed by atoms with Crippen LogP contribution in [0.3, 0.4) is 0 Å². The fourth-order valence-corrected chi connectivity index (χ4v) is 7.70. The van der Waals surface area contributed by atoms with Gasteiger partial charge < -0.3 is 0 Å². The number of benzene rings is 1. The molecule has 3 heterocycles. The molecule has 2 atom stereocenters. The summed E-state index contributed by atoms with van der Waals surface area (Å²) in [6, 6.07) is 6.84. The summed E-state index contributed by atoms with van der Waals surface area (Å²) in [5.41, 5.74) is 3.86. The molecular formula is C19H21NS3. The predicted molar refractivity (Wildman–Crippen MR) is 104 cm³/mol. The van der Waals surface area contributed by atoms with Crippen LogP contribution >= 0.6 is 34.4 Å². The summed E-state index contributed by atoms with van der Waals surface area (Å²) in [5.74, 6) is 0.576. The number of hydrogen-bond acceptors (Lipinski definition) is 4. The van der Waals surface area contributed by atoms with E-state index >= 15 is 0 Å². The van der Waals surface area contributed by atoms with E-state index in [2.05, 4.69) is 45.9 Å². The van der Waals surface area contributed by atoms with E-state index in [1.165, 1.54) is 44.1 Å². The number of thiophene rings is 1. The molecular weight excluding hydrogens is 338 g/mol. The monoisotopic (exact) mass is 359 g/mol. The summed E-state index contributed by atoms with van der Waals surface area (Å²) in [5, 5.41) is 1.79. The molecule has 120 valence electrons. The molecule has 0 saturated heterocycles. The number of nitrogens with zero attached hydrogens (tertiary/aromatic N) is 1. The number of rotatable bonds is 3. The molecule has 4 heteroatoms.